The van der Waals surface area contributed by atoms with E-state index in [1.807, 2.05) is 36.1 Å². The fourth-order valence-electron chi connectivity index (χ4n) is 2.77. The fraction of sp³-hybridized carbons (Fsp3) is 0.400. The molecule has 1 saturated heterocycles. The van der Waals surface area contributed by atoms with Crippen LogP contribution in [0.25, 0.3) is 11.1 Å². The van der Waals surface area contributed by atoms with E-state index < -0.39 is 0 Å². The third-order valence-corrected chi connectivity index (χ3v) is 4.03. The van der Waals surface area contributed by atoms with Crippen molar-refractivity contribution in [1.82, 2.24) is 15.1 Å². The third-order valence-electron chi connectivity index (χ3n) is 3.80. The van der Waals surface area contributed by atoms with Crippen LogP contribution in [0.2, 0.25) is 5.02 Å². The van der Waals surface area contributed by atoms with Gasteiger partial charge in [-0.15, -0.1) is 0 Å². The molecule has 19 heavy (non-hydrogen) atoms. The van der Waals surface area contributed by atoms with E-state index >= 15 is 0 Å². The highest BCUT2D eigenvalue weighted by molar-refractivity contribution is 6.30. The van der Waals surface area contributed by atoms with Crippen LogP contribution in [0, 0.1) is 0 Å². The lowest BCUT2D eigenvalue weighted by atomic mass is 10.0. The van der Waals surface area contributed by atoms with Crippen LogP contribution >= 0.6 is 11.6 Å². The van der Waals surface area contributed by atoms with Crippen molar-refractivity contribution >= 4 is 11.6 Å². The molecule has 100 valence electrons. The van der Waals surface area contributed by atoms with Gasteiger partial charge >= 0.3 is 0 Å². The average molecular weight is 276 g/mol. The quantitative estimate of drug-likeness (QED) is 0.933. The molecule has 0 spiro atoms. The Kier molecular flexibility index (Phi) is 3.58. The summed E-state index contributed by atoms with van der Waals surface area (Å²) in [6.45, 7) is 1.13. The Morgan fingerprint density at radius 1 is 1.47 bits per heavy atom. The van der Waals surface area contributed by atoms with E-state index in [9.17, 15) is 0 Å². The van der Waals surface area contributed by atoms with E-state index in [-0.39, 0.29) is 0 Å². The summed E-state index contributed by atoms with van der Waals surface area (Å²) < 4.78 is 1.98. The van der Waals surface area contributed by atoms with Gasteiger partial charge in [-0.05, 0) is 37.1 Å². The first kappa shape index (κ1) is 12.7. The van der Waals surface area contributed by atoms with Crippen molar-refractivity contribution in [3.05, 3.63) is 41.2 Å². The van der Waals surface area contributed by atoms with Gasteiger partial charge in [0.25, 0.3) is 0 Å². The summed E-state index contributed by atoms with van der Waals surface area (Å²) in [4.78, 5) is 0. The lowest BCUT2D eigenvalue weighted by molar-refractivity contribution is 0.571. The summed E-state index contributed by atoms with van der Waals surface area (Å²) in [5, 5.41) is 8.73. The topological polar surface area (TPSA) is 29.9 Å². The molecule has 3 rings (SSSR count). The second kappa shape index (κ2) is 5.35. The molecule has 0 saturated carbocycles. The normalized spacial score (nSPS) is 18.9. The lowest BCUT2D eigenvalue weighted by Gasteiger charge is -2.12. The minimum atomic E-state index is 0.577. The molecule has 1 fully saturated rings. The second-order valence-corrected chi connectivity index (χ2v) is 5.57. The summed E-state index contributed by atoms with van der Waals surface area (Å²) in [5.74, 6) is 0. The molecule has 1 unspecified atom stereocenters. The van der Waals surface area contributed by atoms with E-state index in [4.69, 9.17) is 11.6 Å². The first-order valence-corrected chi connectivity index (χ1v) is 7.12. The van der Waals surface area contributed by atoms with Gasteiger partial charge in [-0.1, -0.05) is 23.7 Å². The molecule has 1 N–H and O–H groups in total. The summed E-state index contributed by atoms with van der Waals surface area (Å²) in [6, 6.07) is 8.56. The third kappa shape index (κ3) is 2.67. The van der Waals surface area contributed by atoms with Crippen molar-refractivity contribution < 1.29 is 0 Å². The molecule has 1 atom stereocenters. The van der Waals surface area contributed by atoms with Crippen LogP contribution in [0.15, 0.2) is 30.5 Å². The second-order valence-electron chi connectivity index (χ2n) is 5.14. The molecule has 0 aliphatic carbocycles. The van der Waals surface area contributed by atoms with E-state index in [1.54, 1.807) is 0 Å². The average Bonchev–Trinajstić information content (AvgIpc) is 3.01. The van der Waals surface area contributed by atoms with Crippen LogP contribution in [0.1, 0.15) is 18.5 Å². The van der Waals surface area contributed by atoms with Crippen LogP contribution in [-0.4, -0.2) is 22.4 Å². The largest absolute Gasteiger partial charge is 0.314 e. The van der Waals surface area contributed by atoms with Crippen molar-refractivity contribution in [1.29, 1.82) is 0 Å². The number of rotatable bonds is 3. The van der Waals surface area contributed by atoms with Crippen LogP contribution in [0.5, 0.6) is 0 Å². The molecule has 2 heterocycles. The van der Waals surface area contributed by atoms with E-state index in [2.05, 4.69) is 16.5 Å². The van der Waals surface area contributed by atoms with Gasteiger partial charge in [0.15, 0.2) is 0 Å². The van der Waals surface area contributed by atoms with Crippen LogP contribution in [0.3, 0.4) is 0 Å². The molecule has 1 aromatic carbocycles. The first-order chi connectivity index (χ1) is 9.24. The molecule has 4 heteroatoms. The Labute approximate surface area is 118 Å². The van der Waals surface area contributed by atoms with Crippen molar-refractivity contribution in [2.75, 3.05) is 6.54 Å². The maximum absolute atomic E-state index is 6.08. The van der Waals surface area contributed by atoms with Crippen LogP contribution in [0.4, 0.5) is 0 Å². The van der Waals surface area contributed by atoms with E-state index in [0.717, 1.165) is 23.6 Å². The standard InChI is InChI=1S/C15H18ClN3/c1-19-15(9-13-6-3-7-17-13)14(10-18-19)11-4-2-5-12(16)8-11/h2,4-5,8,10,13,17H,3,6-7,9H2,1H3. The number of hydrogen-bond donors (Lipinski definition) is 1. The number of aryl methyl sites for hydroxylation is 1. The number of aromatic nitrogens is 2. The predicted octanol–water partition coefficient (Wildman–Crippen LogP) is 3.04. The summed E-state index contributed by atoms with van der Waals surface area (Å²) in [7, 11) is 2.01. The molecule has 1 aromatic heterocycles. The van der Waals surface area contributed by atoms with Crippen molar-refractivity contribution in [2.24, 2.45) is 7.05 Å². The summed E-state index contributed by atoms with van der Waals surface area (Å²) >= 11 is 6.08. The zero-order chi connectivity index (χ0) is 13.2. The number of nitrogens with one attached hydrogen (secondary N) is 1. The van der Waals surface area contributed by atoms with Crippen LogP contribution in [-0.2, 0) is 13.5 Å². The SMILES string of the molecule is Cn1ncc(-c2cccc(Cl)c2)c1CC1CCCN1. The molecule has 0 radical (unpaired) electrons. The monoisotopic (exact) mass is 275 g/mol. The van der Waals surface area contributed by atoms with Crippen molar-refractivity contribution in [3.63, 3.8) is 0 Å². The smallest absolute Gasteiger partial charge is 0.0571 e. The summed E-state index contributed by atoms with van der Waals surface area (Å²) in [6.07, 6.45) is 5.49. The van der Waals surface area contributed by atoms with Crippen molar-refractivity contribution in [3.8, 4) is 11.1 Å². The highest BCUT2D eigenvalue weighted by Gasteiger charge is 2.19. The lowest BCUT2D eigenvalue weighted by Crippen LogP contribution is -2.25. The zero-order valence-corrected chi connectivity index (χ0v) is 11.8. The molecule has 1 aliphatic heterocycles. The maximum atomic E-state index is 6.08. The van der Waals surface area contributed by atoms with Crippen LogP contribution < -0.4 is 5.32 Å². The van der Waals surface area contributed by atoms with Gasteiger partial charge in [-0.3, -0.25) is 4.68 Å². The van der Waals surface area contributed by atoms with E-state index in [0.29, 0.717) is 6.04 Å². The first-order valence-electron chi connectivity index (χ1n) is 6.74. The maximum Gasteiger partial charge on any atom is 0.0571 e. The molecule has 0 bridgehead atoms. The van der Waals surface area contributed by atoms with Gasteiger partial charge in [0, 0.05) is 35.8 Å². The van der Waals surface area contributed by atoms with Gasteiger partial charge in [0.05, 0.1) is 6.20 Å². The Hall–Kier alpha value is -1.32. The number of nitrogens with zero attached hydrogens (tertiary/aromatic N) is 2. The minimum Gasteiger partial charge on any atom is -0.314 e. The molecule has 2 aromatic rings. The minimum absolute atomic E-state index is 0.577. The number of hydrogen-bond acceptors (Lipinski definition) is 2. The van der Waals surface area contributed by atoms with Crippen molar-refractivity contribution in [2.45, 2.75) is 25.3 Å². The Balaban J connectivity index is 1.93. The van der Waals surface area contributed by atoms with Gasteiger partial charge in [0.1, 0.15) is 0 Å². The number of benzene rings is 1. The Morgan fingerprint density at radius 2 is 2.37 bits per heavy atom. The van der Waals surface area contributed by atoms with Gasteiger partial charge in [-0.25, -0.2) is 0 Å². The Bertz CT molecular complexity index is 571. The fourth-order valence-corrected chi connectivity index (χ4v) is 2.96. The molecule has 1 aliphatic rings. The molecule has 0 amide bonds. The van der Waals surface area contributed by atoms with E-state index in [1.165, 1.54) is 24.1 Å². The highest BCUT2D eigenvalue weighted by atomic mass is 35.5. The molecular formula is C15H18ClN3. The summed E-state index contributed by atoms with van der Waals surface area (Å²) in [5.41, 5.74) is 3.62. The predicted molar refractivity (Wildman–Crippen MR) is 78.4 cm³/mol. The molecule has 3 nitrogen and oxygen atoms in total. The Morgan fingerprint density at radius 3 is 3.11 bits per heavy atom. The van der Waals surface area contributed by atoms with Gasteiger partial charge in [0.2, 0.25) is 0 Å². The molecular weight excluding hydrogens is 258 g/mol. The van der Waals surface area contributed by atoms with Gasteiger partial charge in [-0.2, -0.15) is 5.10 Å². The van der Waals surface area contributed by atoms with Gasteiger partial charge < -0.3 is 5.32 Å². The highest BCUT2D eigenvalue weighted by Crippen LogP contribution is 2.27. The number of halogens is 1. The zero-order valence-electron chi connectivity index (χ0n) is 11.1.